The minimum absolute atomic E-state index is 0.115. The van der Waals surface area contributed by atoms with Crippen molar-refractivity contribution in [1.29, 1.82) is 0 Å². The third kappa shape index (κ3) is 4.60. The number of nitrogens with one attached hydrogen (secondary N) is 1. The lowest BCUT2D eigenvalue weighted by Crippen LogP contribution is -2.47. The van der Waals surface area contributed by atoms with Gasteiger partial charge in [0.25, 0.3) is 5.91 Å². The van der Waals surface area contributed by atoms with Crippen LogP contribution in [-0.2, 0) is 10.3 Å². The largest absolute Gasteiger partial charge is 0.475 e. The standard InChI is InChI=1S/C18H20ClN7O3/c1-18(8-15(27)26(2)17(20)25-18)13-7-11(3-5-21-13)24-16(28)12-9-23-14(10-22-12)29-6-4-19/h3,5,7,9-10H,4,6,8H2,1-2H3,(H2,20,25)(H,21,24,28). The molecule has 0 aromatic carbocycles. The molecule has 3 heterocycles. The van der Waals surface area contributed by atoms with Crippen molar-refractivity contribution in [2.75, 3.05) is 24.9 Å². The molecule has 0 bridgehead atoms. The molecule has 2 aromatic rings. The third-order valence-electron chi connectivity index (χ3n) is 4.33. The molecule has 3 rings (SSSR count). The van der Waals surface area contributed by atoms with Crippen molar-refractivity contribution in [1.82, 2.24) is 19.9 Å². The average Bonchev–Trinajstić information content (AvgIpc) is 2.71. The van der Waals surface area contributed by atoms with Gasteiger partial charge in [0.1, 0.15) is 17.8 Å². The first kappa shape index (κ1) is 20.5. The van der Waals surface area contributed by atoms with Gasteiger partial charge in [0.15, 0.2) is 5.96 Å². The van der Waals surface area contributed by atoms with Crippen molar-refractivity contribution >= 4 is 35.1 Å². The number of guanidine groups is 1. The highest BCUT2D eigenvalue weighted by atomic mass is 35.5. The zero-order valence-corrected chi connectivity index (χ0v) is 16.7. The molecule has 0 spiro atoms. The van der Waals surface area contributed by atoms with E-state index in [2.05, 4.69) is 25.3 Å². The maximum Gasteiger partial charge on any atom is 0.275 e. The van der Waals surface area contributed by atoms with Crippen LogP contribution < -0.4 is 15.8 Å². The second kappa shape index (κ2) is 8.39. The van der Waals surface area contributed by atoms with Gasteiger partial charge in [0, 0.05) is 18.9 Å². The number of alkyl halides is 1. The lowest BCUT2D eigenvalue weighted by Gasteiger charge is -2.32. The molecule has 10 nitrogen and oxygen atoms in total. The Balaban J connectivity index is 1.76. The van der Waals surface area contributed by atoms with E-state index in [-0.39, 0.29) is 29.9 Å². The fourth-order valence-corrected chi connectivity index (χ4v) is 2.78. The first-order valence-corrected chi connectivity index (χ1v) is 9.26. The summed E-state index contributed by atoms with van der Waals surface area (Å²) in [4.78, 5) is 42.7. The van der Waals surface area contributed by atoms with E-state index >= 15 is 0 Å². The van der Waals surface area contributed by atoms with Gasteiger partial charge < -0.3 is 15.8 Å². The first-order valence-electron chi connectivity index (χ1n) is 8.73. The van der Waals surface area contributed by atoms with Crippen LogP contribution in [0, 0.1) is 0 Å². The van der Waals surface area contributed by atoms with E-state index in [1.165, 1.54) is 23.5 Å². The zero-order valence-electron chi connectivity index (χ0n) is 15.9. The Bertz CT molecular complexity index is 951. The number of carbonyl (C=O) groups excluding carboxylic acids is 2. The average molecular weight is 418 g/mol. The van der Waals surface area contributed by atoms with E-state index in [9.17, 15) is 9.59 Å². The number of aromatic nitrogens is 3. The predicted molar refractivity (Wildman–Crippen MR) is 107 cm³/mol. The molecule has 1 aliphatic rings. The maximum atomic E-state index is 12.4. The van der Waals surface area contributed by atoms with Crippen molar-refractivity contribution in [2.45, 2.75) is 18.9 Å². The number of nitrogens with two attached hydrogens (primary N) is 1. The molecule has 1 atom stereocenters. The van der Waals surface area contributed by atoms with Crippen molar-refractivity contribution in [2.24, 2.45) is 10.7 Å². The monoisotopic (exact) mass is 417 g/mol. The number of hydrogen-bond donors (Lipinski definition) is 2. The number of ether oxygens (including phenoxy) is 1. The second-order valence-electron chi connectivity index (χ2n) is 6.53. The smallest absolute Gasteiger partial charge is 0.275 e. The number of anilines is 1. The van der Waals surface area contributed by atoms with Gasteiger partial charge in [-0.15, -0.1) is 11.6 Å². The molecule has 3 N–H and O–H groups in total. The van der Waals surface area contributed by atoms with Crippen LogP contribution >= 0.6 is 11.6 Å². The minimum atomic E-state index is -0.921. The van der Waals surface area contributed by atoms with Gasteiger partial charge in [-0.1, -0.05) is 0 Å². The van der Waals surface area contributed by atoms with Crippen LogP contribution in [0.25, 0.3) is 0 Å². The molecule has 1 unspecified atom stereocenters. The molecule has 0 saturated heterocycles. The fourth-order valence-electron chi connectivity index (χ4n) is 2.71. The van der Waals surface area contributed by atoms with Crippen LogP contribution in [0.5, 0.6) is 5.88 Å². The Kier molecular flexibility index (Phi) is 5.92. The number of hydrogen-bond acceptors (Lipinski definition) is 8. The predicted octanol–water partition coefficient (Wildman–Crippen LogP) is 1.13. The van der Waals surface area contributed by atoms with Crippen LogP contribution in [-0.4, -0.2) is 57.2 Å². The highest BCUT2D eigenvalue weighted by Crippen LogP contribution is 2.32. The normalized spacial score (nSPS) is 18.9. The highest BCUT2D eigenvalue weighted by molar-refractivity contribution is 6.18. The zero-order chi connectivity index (χ0) is 21.0. The molecule has 0 fully saturated rings. The molecule has 2 amide bonds. The molecule has 11 heteroatoms. The van der Waals surface area contributed by atoms with Crippen LogP contribution in [0.15, 0.2) is 35.7 Å². The molecule has 152 valence electrons. The molecule has 2 aromatic heterocycles. The molecular formula is C18H20ClN7O3. The SMILES string of the molecule is CN1C(=O)CC(C)(c2cc(NC(=O)c3cnc(OCCCl)cn3)ccn2)N=C1N. The van der Waals surface area contributed by atoms with Crippen LogP contribution in [0.2, 0.25) is 0 Å². The van der Waals surface area contributed by atoms with E-state index < -0.39 is 11.4 Å². The Hall–Kier alpha value is -3.27. The Labute approximate surface area is 172 Å². The summed E-state index contributed by atoms with van der Waals surface area (Å²) in [6, 6.07) is 3.28. The molecule has 0 saturated carbocycles. The summed E-state index contributed by atoms with van der Waals surface area (Å²) in [5.74, 6) is 0.106. The topological polar surface area (TPSA) is 136 Å². The molecular weight excluding hydrogens is 398 g/mol. The van der Waals surface area contributed by atoms with Crippen LogP contribution in [0.3, 0.4) is 0 Å². The quantitative estimate of drug-likeness (QED) is 0.672. The Morgan fingerprint density at radius 2 is 2.17 bits per heavy atom. The number of nitrogens with zero attached hydrogens (tertiary/aromatic N) is 5. The number of pyridine rings is 1. The first-order chi connectivity index (χ1) is 13.8. The fraction of sp³-hybridized carbons (Fsp3) is 0.333. The second-order valence-corrected chi connectivity index (χ2v) is 6.91. The molecule has 29 heavy (non-hydrogen) atoms. The summed E-state index contributed by atoms with van der Waals surface area (Å²) in [6.45, 7) is 2.06. The number of aliphatic imine (C=N–C) groups is 1. The Morgan fingerprint density at radius 1 is 1.38 bits per heavy atom. The molecule has 0 radical (unpaired) electrons. The summed E-state index contributed by atoms with van der Waals surface area (Å²) in [6.07, 6.45) is 4.30. The van der Waals surface area contributed by atoms with Crippen LogP contribution in [0.4, 0.5) is 5.69 Å². The Morgan fingerprint density at radius 3 is 2.83 bits per heavy atom. The van der Waals surface area contributed by atoms with E-state index in [4.69, 9.17) is 22.1 Å². The van der Waals surface area contributed by atoms with Crippen LogP contribution in [0.1, 0.15) is 29.5 Å². The van der Waals surface area contributed by atoms with Crippen molar-refractivity contribution in [3.8, 4) is 5.88 Å². The number of rotatable bonds is 6. The molecule has 0 aliphatic carbocycles. The van der Waals surface area contributed by atoms with E-state index in [0.29, 0.717) is 23.9 Å². The van der Waals surface area contributed by atoms with Crippen molar-refractivity contribution in [3.05, 3.63) is 42.1 Å². The van der Waals surface area contributed by atoms with Crippen molar-refractivity contribution in [3.63, 3.8) is 0 Å². The lowest BCUT2D eigenvalue weighted by atomic mass is 9.91. The van der Waals surface area contributed by atoms with Gasteiger partial charge in [-0.2, -0.15) is 0 Å². The van der Waals surface area contributed by atoms with Crippen molar-refractivity contribution < 1.29 is 14.3 Å². The number of carbonyl (C=O) groups is 2. The van der Waals surface area contributed by atoms with E-state index in [1.807, 2.05) is 0 Å². The summed E-state index contributed by atoms with van der Waals surface area (Å²) in [5.41, 5.74) is 6.03. The van der Waals surface area contributed by atoms with Gasteiger partial charge in [-0.25, -0.2) is 15.0 Å². The summed E-state index contributed by atoms with van der Waals surface area (Å²) in [5, 5.41) is 2.73. The number of halogens is 1. The summed E-state index contributed by atoms with van der Waals surface area (Å²) in [7, 11) is 1.57. The van der Waals surface area contributed by atoms with E-state index in [0.717, 1.165) is 0 Å². The minimum Gasteiger partial charge on any atom is -0.475 e. The summed E-state index contributed by atoms with van der Waals surface area (Å²) >= 11 is 5.55. The van der Waals surface area contributed by atoms with Gasteiger partial charge >= 0.3 is 0 Å². The number of amides is 2. The maximum absolute atomic E-state index is 12.4. The third-order valence-corrected chi connectivity index (χ3v) is 4.49. The van der Waals surface area contributed by atoms with Gasteiger partial charge in [-0.05, 0) is 19.1 Å². The molecule has 1 aliphatic heterocycles. The van der Waals surface area contributed by atoms with Gasteiger partial charge in [0.2, 0.25) is 11.8 Å². The van der Waals surface area contributed by atoms with E-state index in [1.54, 1.807) is 26.1 Å². The van der Waals surface area contributed by atoms with Gasteiger partial charge in [-0.3, -0.25) is 19.5 Å². The van der Waals surface area contributed by atoms with Gasteiger partial charge in [0.05, 0.1) is 30.4 Å². The summed E-state index contributed by atoms with van der Waals surface area (Å²) < 4.78 is 5.23. The highest BCUT2D eigenvalue weighted by Gasteiger charge is 2.37. The lowest BCUT2D eigenvalue weighted by molar-refractivity contribution is -0.128.